The summed E-state index contributed by atoms with van der Waals surface area (Å²) in [5, 5.41) is 3.55. The Hall–Kier alpha value is -2.49. The zero-order chi connectivity index (χ0) is 12.8. The highest BCUT2D eigenvalue weighted by molar-refractivity contribution is 5.90. The Morgan fingerprint density at radius 3 is 2.39 bits per heavy atom. The average molecular weight is 243 g/mol. The van der Waals surface area contributed by atoms with Gasteiger partial charge in [-0.3, -0.25) is 0 Å². The molecule has 2 rings (SSSR count). The van der Waals surface area contributed by atoms with Crippen LogP contribution in [-0.2, 0) is 4.84 Å². The summed E-state index contributed by atoms with van der Waals surface area (Å²) >= 11 is 0. The van der Waals surface area contributed by atoms with E-state index in [0.717, 1.165) is 0 Å². The molecule has 2 aromatic carbocycles. The quantitative estimate of drug-likeness (QED) is 0.472. The van der Waals surface area contributed by atoms with Gasteiger partial charge in [-0.2, -0.15) is 0 Å². The summed E-state index contributed by atoms with van der Waals surface area (Å²) in [4.78, 5) is 16.2. The van der Waals surface area contributed by atoms with Gasteiger partial charge in [-0.1, -0.05) is 35.5 Å². The highest BCUT2D eigenvalue weighted by atomic mass is 19.1. The lowest BCUT2D eigenvalue weighted by Gasteiger charge is -1.96. The molecular weight excluding hydrogens is 233 g/mol. The summed E-state index contributed by atoms with van der Waals surface area (Å²) in [5.74, 6) is -0.859. The van der Waals surface area contributed by atoms with E-state index < -0.39 is 5.97 Å². The smallest absolute Gasteiger partial charge is 0.313 e. The summed E-state index contributed by atoms with van der Waals surface area (Å²) in [6.07, 6.45) is 1.35. The zero-order valence-electron chi connectivity index (χ0n) is 9.42. The molecule has 0 heterocycles. The van der Waals surface area contributed by atoms with Crippen molar-refractivity contribution in [3.05, 3.63) is 71.5 Å². The maximum Gasteiger partial charge on any atom is 0.365 e. The predicted molar refractivity (Wildman–Crippen MR) is 65.9 cm³/mol. The van der Waals surface area contributed by atoms with Crippen molar-refractivity contribution in [2.45, 2.75) is 0 Å². The van der Waals surface area contributed by atoms with Gasteiger partial charge in [0, 0.05) is 0 Å². The third-order valence-corrected chi connectivity index (χ3v) is 2.22. The molecule has 0 saturated heterocycles. The standard InChI is InChI=1S/C14H10FNO2/c15-13-8-6-11(7-9-13)10-16-18-14(17)12-4-2-1-3-5-12/h1-10H/b16-10+. The first-order valence-corrected chi connectivity index (χ1v) is 5.31. The van der Waals surface area contributed by atoms with E-state index in [1.165, 1.54) is 30.5 Å². The number of hydrogen-bond donors (Lipinski definition) is 0. The van der Waals surface area contributed by atoms with Gasteiger partial charge in [-0.15, -0.1) is 0 Å². The van der Waals surface area contributed by atoms with Crippen molar-refractivity contribution in [3.63, 3.8) is 0 Å². The number of hydrogen-bond acceptors (Lipinski definition) is 3. The summed E-state index contributed by atoms with van der Waals surface area (Å²) in [6.45, 7) is 0. The van der Waals surface area contributed by atoms with Crippen LogP contribution in [0.1, 0.15) is 15.9 Å². The average Bonchev–Trinajstić information content (AvgIpc) is 2.42. The maximum atomic E-state index is 12.6. The largest absolute Gasteiger partial charge is 0.365 e. The van der Waals surface area contributed by atoms with Gasteiger partial charge in [0.2, 0.25) is 0 Å². The SMILES string of the molecule is O=C(O/N=C/c1ccc(F)cc1)c1ccccc1. The van der Waals surface area contributed by atoms with Crippen molar-refractivity contribution in [2.75, 3.05) is 0 Å². The molecule has 4 heteroatoms. The lowest BCUT2D eigenvalue weighted by molar-refractivity contribution is 0.0519. The Morgan fingerprint density at radius 2 is 1.72 bits per heavy atom. The number of carbonyl (C=O) groups excluding carboxylic acids is 1. The Morgan fingerprint density at radius 1 is 1.06 bits per heavy atom. The van der Waals surface area contributed by atoms with E-state index in [0.29, 0.717) is 11.1 Å². The highest BCUT2D eigenvalue weighted by Gasteiger charge is 2.04. The van der Waals surface area contributed by atoms with Gasteiger partial charge in [0.25, 0.3) is 0 Å². The third kappa shape index (κ3) is 3.25. The fourth-order valence-corrected chi connectivity index (χ4v) is 1.31. The second kappa shape index (κ2) is 5.72. The van der Waals surface area contributed by atoms with E-state index in [1.807, 2.05) is 0 Å². The normalized spacial score (nSPS) is 10.5. The molecule has 0 aliphatic carbocycles. The molecule has 0 bridgehead atoms. The van der Waals surface area contributed by atoms with Crippen LogP contribution < -0.4 is 0 Å². The third-order valence-electron chi connectivity index (χ3n) is 2.22. The molecule has 0 unspecified atom stereocenters. The molecule has 0 spiro atoms. The van der Waals surface area contributed by atoms with E-state index in [9.17, 15) is 9.18 Å². The summed E-state index contributed by atoms with van der Waals surface area (Å²) in [7, 11) is 0. The summed E-state index contributed by atoms with van der Waals surface area (Å²) in [5.41, 5.74) is 1.08. The molecule has 0 aliphatic heterocycles. The van der Waals surface area contributed by atoms with Crippen molar-refractivity contribution in [1.82, 2.24) is 0 Å². The molecule has 0 N–H and O–H groups in total. The van der Waals surface area contributed by atoms with E-state index in [2.05, 4.69) is 5.16 Å². The van der Waals surface area contributed by atoms with Crippen LogP contribution >= 0.6 is 0 Å². The molecule has 3 nitrogen and oxygen atoms in total. The topological polar surface area (TPSA) is 38.7 Å². The minimum atomic E-state index is -0.533. The van der Waals surface area contributed by atoms with Crippen LogP contribution in [0.3, 0.4) is 0 Å². The van der Waals surface area contributed by atoms with E-state index in [4.69, 9.17) is 4.84 Å². The molecule has 0 fully saturated rings. The molecule has 0 aromatic heterocycles. The van der Waals surface area contributed by atoms with Crippen molar-refractivity contribution in [2.24, 2.45) is 5.16 Å². The monoisotopic (exact) mass is 243 g/mol. The van der Waals surface area contributed by atoms with Crippen molar-refractivity contribution in [3.8, 4) is 0 Å². The van der Waals surface area contributed by atoms with E-state index >= 15 is 0 Å². The van der Waals surface area contributed by atoms with Crippen LogP contribution in [0.15, 0.2) is 59.8 Å². The first kappa shape index (κ1) is 12.0. The Kier molecular flexibility index (Phi) is 3.81. The second-order valence-corrected chi connectivity index (χ2v) is 3.53. The lowest BCUT2D eigenvalue weighted by Crippen LogP contribution is -2.00. The van der Waals surface area contributed by atoms with Crippen LogP contribution in [0.4, 0.5) is 4.39 Å². The molecule has 0 saturated carbocycles. The molecule has 90 valence electrons. The molecule has 2 aromatic rings. The number of benzene rings is 2. The Bertz CT molecular complexity index is 550. The van der Waals surface area contributed by atoms with Gasteiger partial charge in [-0.25, -0.2) is 9.18 Å². The van der Waals surface area contributed by atoms with Crippen molar-refractivity contribution >= 4 is 12.2 Å². The zero-order valence-corrected chi connectivity index (χ0v) is 9.42. The molecule has 0 amide bonds. The predicted octanol–water partition coefficient (Wildman–Crippen LogP) is 3.02. The Balaban J connectivity index is 1.96. The lowest BCUT2D eigenvalue weighted by atomic mass is 10.2. The van der Waals surface area contributed by atoms with Crippen molar-refractivity contribution in [1.29, 1.82) is 0 Å². The fraction of sp³-hybridized carbons (Fsp3) is 0. The highest BCUT2D eigenvalue weighted by Crippen LogP contribution is 2.02. The summed E-state index contributed by atoms with van der Waals surface area (Å²) < 4.78 is 12.6. The first-order valence-electron chi connectivity index (χ1n) is 5.31. The minimum Gasteiger partial charge on any atom is -0.313 e. The maximum absolute atomic E-state index is 12.6. The molecule has 0 aliphatic rings. The van der Waals surface area contributed by atoms with Gasteiger partial charge >= 0.3 is 5.97 Å². The molecule has 18 heavy (non-hydrogen) atoms. The van der Waals surface area contributed by atoms with Crippen molar-refractivity contribution < 1.29 is 14.0 Å². The van der Waals surface area contributed by atoms with Crippen LogP contribution in [0, 0.1) is 5.82 Å². The van der Waals surface area contributed by atoms with E-state index in [-0.39, 0.29) is 5.82 Å². The van der Waals surface area contributed by atoms with Gasteiger partial charge in [0.1, 0.15) is 5.82 Å². The van der Waals surface area contributed by atoms with Gasteiger partial charge in [-0.05, 0) is 29.8 Å². The second-order valence-electron chi connectivity index (χ2n) is 3.53. The number of oxime groups is 1. The van der Waals surface area contributed by atoms with Gasteiger partial charge in [0.05, 0.1) is 11.8 Å². The first-order chi connectivity index (χ1) is 8.75. The number of rotatable bonds is 3. The van der Waals surface area contributed by atoms with Crippen LogP contribution in [0.25, 0.3) is 0 Å². The summed E-state index contributed by atoms with van der Waals surface area (Å²) in [6, 6.07) is 14.2. The Labute approximate surface area is 104 Å². The van der Waals surface area contributed by atoms with Crippen LogP contribution in [-0.4, -0.2) is 12.2 Å². The van der Waals surface area contributed by atoms with Crippen LogP contribution in [0.5, 0.6) is 0 Å². The molecule has 0 radical (unpaired) electrons. The van der Waals surface area contributed by atoms with Gasteiger partial charge in [0.15, 0.2) is 0 Å². The number of carbonyl (C=O) groups is 1. The van der Waals surface area contributed by atoms with E-state index in [1.54, 1.807) is 30.3 Å². The minimum absolute atomic E-state index is 0.326. The van der Waals surface area contributed by atoms with Gasteiger partial charge < -0.3 is 4.84 Å². The van der Waals surface area contributed by atoms with Crippen LogP contribution in [0.2, 0.25) is 0 Å². The molecular formula is C14H10FNO2. The number of halogens is 1. The fourth-order valence-electron chi connectivity index (χ4n) is 1.31. The molecule has 0 atom stereocenters. The number of nitrogens with zero attached hydrogens (tertiary/aromatic N) is 1.